The van der Waals surface area contributed by atoms with Crippen LogP contribution in [-0.2, 0) is 0 Å². The Morgan fingerprint density at radius 1 is 0.800 bits per heavy atom. The van der Waals surface area contributed by atoms with E-state index in [9.17, 15) is 4.79 Å². The Morgan fingerprint density at radius 3 is 2.52 bits per heavy atom. The minimum Gasteiger partial charge on any atom is -0.336 e. The number of nitrogens with one attached hydrogen (secondary N) is 3. The van der Waals surface area contributed by atoms with Crippen molar-refractivity contribution in [3.63, 3.8) is 0 Å². The maximum absolute atomic E-state index is 16.1. The fraction of sp³-hybridized carbons (Fsp3) is 0. The van der Waals surface area contributed by atoms with Gasteiger partial charge in [0.05, 0.1) is 40.2 Å². The van der Waals surface area contributed by atoms with Crippen molar-refractivity contribution in [3.8, 4) is 34.0 Å². The van der Waals surface area contributed by atoms with Crippen molar-refractivity contribution in [2.24, 2.45) is 0 Å². The van der Waals surface area contributed by atoms with Gasteiger partial charge in [0.25, 0.3) is 5.91 Å². The van der Waals surface area contributed by atoms with Gasteiger partial charge in [0, 0.05) is 41.5 Å². The average molecular weight is 528 g/mol. The van der Waals surface area contributed by atoms with Crippen LogP contribution in [-0.4, -0.2) is 46.0 Å². The number of amides is 1. The second-order valence-electron chi connectivity index (χ2n) is 8.95. The predicted molar refractivity (Wildman–Crippen MR) is 148 cm³/mol. The molecule has 11 heteroatoms. The first kappa shape index (κ1) is 23.3. The lowest BCUT2D eigenvalue weighted by atomic mass is 10.1. The Labute approximate surface area is 225 Å². The van der Waals surface area contributed by atoms with Gasteiger partial charge >= 0.3 is 0 Å². The second kappa shape index (κ2) is 9.48. The Hall–Kier alpha value is -5.84. The lowest BCUT2D eigenvalue weighted by molar-refractivity contribution is 0.102. The molecule has 0 aliphatic rings. The highest BCUT2D eigenvalue weighted by Crippen LogP contribution is 2.34. The molecule has 0 bridgehead atoms. The molecule has 0 aliphatic carbocycles. The van der Waals surface area contributed by atoms with Gasteiger partial charge in [0.1, 0.15) is 16.9 Å². The molecule has 40 heavy (non-hydrogen) atoms. The van der Waals surface area contributed by atoms with Gasteiger partial charge in [-0.25, -0.2) is 9.37 Å². The van der Waals surface area contributed by atoms with Gasteiger partial charge in [-0.15, -0.1) is 0 Å². The number of H-pyrrole nitrogens is 2. The van der Waals surface area contributed by atoms with Gasteiger partial charge in [-0.3, -0.25) is 29.8 Å². The van der Waals surface area contributed by atoms with Crippen molar-refractivity contribution in [2.45, 2.75) is 0 Å². The number of rotatable bonds is 5. The van der Waals surface area contributed by atoms with Crippen LogP contribution < -0.4 is 5.32 Å². The summed E-state index contributed by atoms with van der Waals surface area (Å²) in [5, 5.41) is 10.2. The molecule has 192 valence electrons. The Kier molecular flexibility index (Phi) is 5.52. The SMILES string of the molecule is O=C(Nc1cncc(-c2ncc3[nH]nc(-c4nc5c(-c6cccnc6)nccc5[nH]4)c3c2F)c1)c1ccccc1. The van der Waals surface area contributed by atoms with Gasteiger partial charge in [0.15, 0.2) is 11.6 Å². The van der Waals surface area contributed by atoms with Crippen LogP contribution in [0.3, 0.4) is 0 Å². The van der Waals surface area contributed by atoms with E-state index in [4.69, 9.17) is 4.98 Å². The van der Waals surface area contributed by atoms with Gasteiger partial charge in [-0.05, 0) is 36.4 Å². The van der Waals surface area contributed by atoms with E-state index >= 15 is 4.39 Å². The number of anilines is 1. The lowest BCUT2D eigenvalue weighted by Crippen LogP contribution is -2.11. The molecular formula is C29H18FN9O. The number of nitrogens with zero attached hydrogens (tertiary/aromatic N) is 6. The van der Waals surface area contributed by atoms with Crippen molar-refractivity contribution in [3.05, 3.63) is 103 Å². The van der Waals surface area contributed by atoms with Crippen molar-refractivity contribution >= 4 is 33.5 Å². The summed E-state index contributed by atoms with van der Waals surface area (Å²) in [6.45, 7) is 0. The molecule has 7 aromatic rings. The number of fused-ring (bicyclic) bond motifs is 2. The van der Waals surface area contributed by atoms with Gasteiger partial charge in [-0.1, -0.05) is 18.2 Å². The Balaban J connectivity index is 1.29. The molecule has 0 fully saturated rings. The summed E-state index contributed by atoms with van der Waals surface area (Å²) in [5.74, 6) is -0.524. The highest BCUT2D eigenvalue weighted by molar-refractivity contribution is 6.04. The van der Waals surface area contributed by atoms with E-state index in [-0.39, 0.29) is 17.0 Å². The molecule has 6 aromatic heterocycles. The maximum Gasteiger partial charge on any atom is 0.255 e. The van der Waals surface area contributed by atoms with E-state index < -0.39 is 5.82 Å². The molecule has 10 nitrogen and oxygen atoms in total. The van der Waals surface area contributed by atoms with E-state index in [0.29, 0.717) is 45.1 Å². The lowest BCUT2D eigenvalue weighted by Gasteiger charge is -2.08. The standard InChI is InChI=1S/C29H18FN9O/c30-23-22-21(15-34-24(23)18-11-19(14-32-13-18)35-29(40)16-5-2-1-3-6-16)38-39-27(22)28-36-20-8-10-33-25(26(20)37-28)17-7-4-9-31-12-17/h1-15H,(H,35,40)(H,36,37)(H,38,39). The average Bonchev–Trinajstić information content (AvgIpc) is 3.63. The fourth-order valence-corrected chi connectivity index (χ4v) is 4.54. The van der Waals surface area contributed by atoms with Crippen molar-refractivity contribution < 1.29 is 9.18 Å². The van der Waals surface area contributed by atoms with E-state index in [2.05, 4.69) is 40.4 Å². The van der Waals surface area contributed by atoms with Crippen molar-refractivity contribution in [1.82, 2.24) is 40.1 Å². The van der Waals surface area contributed by atoms with Crippen molar-refractivity contribution in [2.75, 3.05) is 5.32 Å². The molecule has 1 aromatic carbocycles. The topological polar surface area (TPSA) is 138 Å². The third-order valence-electron chi connectivity index (χ3n) is 6.41. The van der Waals surface area contributed by atoms with Crippen LogP contribution in [0.15, 0.2) is 91.8 Å². The summed E-state index contributed by atoms with van der Waals surface area (Å²) >= 11 is 0. The number of aromatic nitrogens is 8. The number of pyridine rings is 4. The number of hydrogen-bond donors (Lipinski definition) is 3. The van der Waals surface area contributed by atoms with Crippen LogP contribution >= 0.6 is 0 Å². The van der Waals surface area contributed by atoms with Crippen LogP contribution in [0.4, 0.5) is 10.1 Å². The summed E-state index contributed by atoms with van der Waals surface area (Å²) in [4.78, 5) is 37.7. The molecule has 0 unspecified atom stereocenters. The van der Waals surface area contributed by atoms with Crippen molar-refractivity contribution in [1.29, 1.82) is 0 Å². The predicted octanol–water partition coefficient (Wildman–Crippen LogP) is 5.41. The molecule has 7 rings (SSSR count). The molecule has 0 spiro atoms. The third kappa shape index (κ3) is 4.02. The van der Waals surface area contributed by atoms with E-state index in [1.807, 2.05) is 18.2 Å². The van der Waals surface area contributed by atoms with E-state index in [1.54, 1.807) is 55.0 Å². The molecule has 0 saturated heterocycles. The molecule has 1 amide bonds. The highest BCUT2D eigenvalue weighted by atomic mass is 19.1. The zero-order valence-corrected chi connectivity index (χ0v) is 20.6. The number of aromatic amines is 2. The normalized spacial score (nSPS) is 11.2. The zero-order valence-electron chi connectivity index (χ0n) is 20.6. The molecular weight excluding hydrogens is 509 g/mol. The number of carbonyl (C=O) groups excluding carboxylic acids is 1. The monoisotopic (exact) mass is 527 g/mol. The van der Waals surface area contributed by atoms with Crippen LogP contribution in [0, 0.1) is 5.82 Å². The number of imidazole rings is 1. The number of benzene rings is 1. The second-order valence-corrected chi connectivity index (χ2v) is 8.95. The first-order chi connectivity index (χ1) is 19.7. The van der Waals surface area contributed by atoms with Gasteiger partial charge < -0.3 is 10.3 Å². The van der Waals surface area contributed by atoms with Gasteiger partial charge in [0.2, 0.25) is 0 Å². The van der Waals surface area contributed by atoms with Crippen LogP contribution in [0.1, 0.15) is 10.4 Å². The van der Waals surface area contributed by atoms with Crippen LogP contribution in [0.5, 0.6) is 0 Å². The zero-order chi connectivity index (χ0) is 27.1. The summed E-state index contributed by atoms with van der Waals surface area (Å²) in [7, 11) is 0. The highest BCUT2D eigenvalue weighted by Gasteiger charge is 2.22. The Bertz CT molecular complexity index is 2020. The summed E-state index contributed by atoms with van der Waals surface area (Å²) in [6, 6.07) is 15.9. The summed E-state index contributed by atoms with van der Waals surface area (Å²) in [6.07, 6.45) is 9.56. The molecule has 0 aliphatic heterocycles. The van der Waals surface area contributed by atoms with Crippen LogP contribution in [0.25, 0.3) is 56.0 Å². The molecule has 6 heterocycles. The molecule has 0 radical (unpaired) electrons. The number of halogens is 1. The fourth-order valence-electron chi connectivity index (χ4n) is 4.54. The third-order valence-corrected chi connectivity index (χ3v) is 6.41. The van der Waals surface area contributed by atoms with E-state index in [1.165, 1.54) is 18.6 Å². The first-order valence-electron chi connectivity index (χ1n) is 12.3. The molecule has 0 atom stereocenters. The maximum atomic E-state index is 16.1. The Morgan fingerprint density at radius 2 is 1.68 bits per heavy atom. The largest absolute Gasteiger partial charge is 0.336 e. The summed E-state index contributed by atoms with van der Waals surface area (Å²) < 4.78 is 16.1. The summed E-state index contributed by atoms with van der Waals surface area (Å²) in [5.41, 5.74) is 4.86. The number of hydrogen-bond acceptors (Lipinski definition) is 7. The minimum absolute atomic E-state index is 0.0623. The van der Waals surface area contributed by atoms with Gasteiger partial charge in [-0.2, -0.15) is 5.10 Å². The molecule has 0 saturated carbocycles. The van der Waals surface area contributed by atoms with Crippen LogP contribution in [0.2, 0.25) is 0 Å². The molecule has 3 N–H and O–H groups in total. The quantitative estimate of drug-likeness (QED) is 0.272. The smallest absolute Gasteiger partial charge is 0.255 e. The van der Waals surface area contributed by atoms with E-state index in [0.717, 1.165) is 11.1 Å². The minimum atomic E-state index is -0.597. The first-order valence-corrected chi connectivity index (χ1v) is 12.3. The number of carbonyl (C=O) groups is 1.